The summed E-state index contributed by atoms with van der Waals surface area (Å²) in [4.78, 5) is 23.1. The molecule has 2 aromatic carbocycles. The van der Waals surface area contributed by atoms with Crippen molar-refractivity contribution in [1.82, 2.24) is 0 Å². The molecule has 0 aliphatic carbocycles. The normalized spacial score (nSPS) is 10.1. The van der Waals surface area contributed by atoms with E-state index in [0.29, 0.717) is 15.7 Å². The zero-order chi connectivity index (χ0) is 14.7. The van der Waals surface area contributed by atoms with Gasteiger partial charge in [0.2, 0.25) is 0 Å². The van der Waals surface area contributed by atoms with E-state index in [1.54, 1.807) is 24.3 Å². The largest absolute Gasteiger partial charge is 0.478 e. The molecule has 2 aromatic rings. The van der Waals surface area contributed by atoms with Crippen LogP contribution in [0.5, 0.6) is 0 Å². The number of halogens is 2. The van der Waals surface area contributed by atoms with Gasteiger partial charge in [-0.3, -0.25) is 4.79 Å². The number of hydrogen-bond donors (Lipinski definition) is 2. The Labute approximate surface area is 137 Å². The first-order valence-electron chi connectivity index (χ1n) is 5.57. The van der Waals surface area contributed by atoms with Crippen LogP contribution in [0.2, 0.25) is 0 Å². The van der Waals surface area contributed by atoms with Gasteiger partial charge in [0.05, 0.1) is 11.1 Å². The Morgan fingerprint density at radius 1 is 1.15 bits per heavy atom. The molecule has 0 aliphatic rings. The molecule has 0 radical (unpaired) electrons. The maximum Gasteiger partial charge on any atom is 0.335 e. The molecule has 0 spiro atoms. The third-order valence-corrected chi connectivity index (χ3v) is 3.90. The number of carbonyl (C=O) groups excluding carboxylic acids is 1. The van der Waals surface area contributed by atoms with Gasteiger partial charge in [-0.05, 0) is 74.9 Å². The topological polar surface area (TPSA) is 66.4 Å². The van der Waals surface area contributed by atoms with Crippen molar-refractivity contribution in [3.8, 4) is 0 Å². The van der Waals surface area contributed by atoms with E-state index in [-0.39, 0.29) is 11.5 Å². The molecule has 102 valence electrons. The lowest BCUT2D eigenvalue weighted by Gasteiger charge is -2.08. The molecule has 0 aromatic heterocycles. The Morgan fingerprint density at radius 2 is 1.90 bits per heavy atom. The maximum absolute atomic E-state index is 12.2. The number of aromatic carboxylic acids is 1. The van der Waals surface area contributed by atoms with E-state index in [1.807, 2.05) is 6.07 Å². The van der Waals surface area contributed by atoms with Gasteiger partial charge in [-0.25, -0.2) is 4.79 Å². The average Bonchev–Trinajstić information content (AvgIpc) is 2.41. The van der Waals surface area contributed by atoms with Crippen LogP contribution in [0.15, 0.2) is 46.9 Å². The van der Waals surface area contributed by atoms with Crippen molar-refractivity contribution in [3.05, 3.63) is 61.6 Å². The van der Waals surface area contributed by atoms with Crippen molar-refractivity contribution in [2.24, 2.45) is 0 Å². The second kappa shape index (κ2) is 6.36. The second-order valence-electron chi connectivity index (χ2n) is 3.96. The zero-order valence-electron chi connectivity index (χ0n) is 10.1. The Kier molecular flexibility index (Phi) is 4.77. The standard InChI is InChI=1S/C14H9BrINO3/c15-12-5-4-9(16)7-11(12)13(18)17-10-3-1-2-8(6-10)14(19)20/h1-7H,(H,17,18)(H,19,20). The zero-order valence-corrected chi connectivity index (χ0v) is 13.8. The van der Waals surface area contributed by atoms with E-state index < -0.39 is 5.97 Å². The monoisotopic (exact) mass is 445 g/mol. The molecule has 0 saturated heterocycles. The summed E-state index contributed by atoms with van der Waals surface area (Å²) in [7, 11) is 0. The highest BCUT2D eigenvalue weighted by molar-refractivity contribution is 14.1. The summed E-state index contributed by atoms with van der Waals surface area (Å²) in [5, 5.41) is 11.6. The predicted octanol–water partition coefficient (Wildman–Crippen LogP) is 4.00. The van der Waals surface area contributed by atoms with Crippen molar-refractivity contribution in [2.75, 3.05) is 5.32 Å². The molecule has 1 amide bonds. The molecule has 0 aliphatic heterocycles. The Balaban J connectivity index is 2.25. The van der Waals surface area contributed by atoms with E-state index in [2.05, 4.69) is 43.8 Å². The van der Waals surface area contributed by atoms with E-state index in [1.165, 1.54) is 12.1 Å². The minimum absolute atomic E-state index is 0.129. The fraction of sp³-hybridized carbons (Fsp3) is 0. The molecular formula is C14H9BrINO3. The number of benzene rings is 2. The van der Waals surface area contributed by atoms with E-state index >= 15 is 0 Å². The molecule has 0 bridgehead atoms. The van der Waals surface area contributed by atoms with Crippen molar-refractivity contribution in [3.63, 3.8) is 0 Å². The molecule has 2 N–H and O–H groups in total. The van der Waals surface area contributed by atoms with Gasteiger partial charge < -0.3 is 10.4 Å². The van der Waals surface area contributed by atoms with Crippen LogP contribution < -0.4 is 5.32 Å². The highest BCUT2D eigenvalue weighted by Crippen LogP contribution is 2.21. The van der Waals surface area contributed by atoms with Crippen molar-refractivity contribution in [2.45, 2.75) is 0 Å². The summed E-state index contributed by atoms with van der Waals surface area (Å²) < 4.78 is 1.63. The first-order valence-corrected chi connectivity index (χ1v) is 7.44. The fourth-order valence-corrected chi connectivity index (χ4v) is 2.52. The van der Waals surface area contributed by atoms with Crippen molar-refractivity contribution >= 4 is 56.1 Å². The fourth-order valence-electron chi connectivity index (χ4n) is 1.60. The minimum atomic E-state index is -1.03. The second-order valence-corrected chi connectivity index (χ2v) is 6.06. The number of carboxylic acids is 1. The highest BCUT2D eigenvalue weighted by Gasteiger charge is 2.12. The van der Waals surface area contributed by atoms with Crippen molar-refractivity contribution in [1.29, 1.82) is 0 Å². The quantitative estimate of drug-likeness (QED) is 0.701. The molecule has 0 unspecified atom stereocenters. The first kappa shape index (κ1) is 15.0. The Bertz CT molecular complexity index is 688. The molecule has 20 heavy (non-hydrogen) atoms. The molecule has 0 heterocycles. The van der Waals surface area contributed by atoms with Crippen LogP contribution in [0.3, 0.4) is 0 Å². The molecular weight excluding hydrogens is 437 g/mol. The summed E-state index contributed by atoms with van der Waals surface area (Å²) >= 11 is 5.45. The van der Waals surface area contributed by atoms with Gasteiger partial charge >= 0.3 is 5.97 Å². The lowest BCUT2D eigenvalue weighted by atomic mass is 10.2. The third kappa shape index (κ3) is 3.57. The number of carboxylic acid groups (broad SMARTS) is 1. The minimum Gasteiger partial charge on any atom is -0.478 e. The first-order chi connectivity index (χ1) is 9.47. The van der Waals surface area contributed by atoms with Crippen LogP contribution in [0, 0.1) is 3.57 Å². The molecule has 0 saturated carbocycles. The van der Waals surface area contributed by atoms with Crippen molar-refractivity contribution < 1.29 is 14.7 Å². The maximum atomic E-state index is 12.2. The van der Waals surface area contributed by atoms with Crippen LogP contribution in [-0.4, -0.2) is 17.0 Å². The molecule has 6 heteroatoms. The SMILES string of the molecule is O=C(O)c1cccc(NC(=O)c2cc(I)ccc2Br)c1. The third-order valence-electron chi connectivity index (χ3n) is 2.54. The number of nitrogens with one attached hydrogen (secondary N) is 1. The van der Waals surface area contributed by atoms with Gasteiger partial charge in [-0.2, -0.15) is 0 Å². The van der Waals surface area contributed by atoms with E-state index in [4.69, 9.17) is 5.11 Å². The van der Waals surface area contributed by atoms with Gasteiger partial charge in [0.25, 0.3) is 5.91 Å². The van der Waals surface area contributed by atoms with Gasteiger partial charge in [-0.1, -0.05) is 6.07 Å². The van der Waals surface area contributed by atoms with Gasteiger partial charge in [0, 0.05) is 13.7 Å². The van der Waals surface area contributed by atoms with Gasteiger partial charge in [0.15, 0.2) is 0 Å². The Morgan fingerprint density at radius 3 is 2.60 bits per heavy atom. The molecule has 0 atom stereocenters. The number of anilines is 1. The summed E-state index contributed by atoms with van der Waals surface area (Å²) in [6, 6.07) is 11.5. The molecule has 2 rings (SSSR count). The highest BCUT2D eigenvalue weighted by atomic mass is 127. The van der Waals surface area contributed by atoms with E-state index in [0.717, 1.165) is 3.57 Å². The van der Waals surface area contributed by atoms with Gasteiger partial charge in [0.1, 0.15) is 0 Å². The number of carbonyl (C=O) groups is 2. The number of hydrogen-bond acceptors (Lipinski definition) is 2. The predicted molar refractivity (Wildman–Crippen MR) is 88.2 cm³/mol. The van der Waals surface area contributed by atoms with Crippen LogP contribution in [0.1, 0.15) is 20.7 Å². The van der Waals surface area contributed by atoms with E-state index in [9.17, 15) is 9.59 Å². The van der Waals surface area contributed by atoms with Crippen LogP contribution in [0.25, 0.3) is 0 Å². The number of amides is 1. The molecule has 4 nitrogen and oxygen atoms in total. The Hall–Kier alpha value is -1.41. The van der Waals surface area contributed by atoms with Gasteiger partial charge in [-0.15, -0.1) is 0 Å². The summed E-state index contributed by atoms with van der Waals surface area (Å²) in [6.45, 7) is 0. The summed E-state index contributed by atoms with van der Waals surface area (Å²) in [5.41, 5.74) is 1.07. The lowest BCUT2D eigenvalue weighted by molar-refractivity contribution is 0.0696. The van der Waals surface area contributed by atoms with Crippen LogP contribution in [0.4, 0.5) is 5.69 Å². The van der Waals surface area contributed by atoms with Crippen LogP contribution >= 0.6 is 38.5 Å². The van der Waals surface area contributed by atoms with Crippen LogP contribution in [-0.2, 0) is 0 Å². The molecule has 0 fully saturated rings. The summed E-state index contributed by atoms with van der Waals surface area (Å²) in [6.07, 6.45) is 0. The average molecular weight is 446 g/mol. The lowest BCUT2D eigenvalue weighted by Crippen LogP contribution is -2.13. The summed E-state index contributed by atoms with van der Waals surface area (Å²) in [5.74, 6) is -1.32. The number of rotatable bonds is 3. The smallest absolute Gasteiger partial charge is 0.335 e.